The van der Waals surface area contributed by atoms with Gasteiger partial charge in [0.2, 0.25) is 0 Å². The lowest BCUT2D eigenvalue weighted by atomic mass is 10.2. The fourth-order valence-corrected chi connectivity index (χ4v) is 2.39. The minimum Gasteiger partial charge on any atom is -0.312 e. The van der Waals surface area contributed by atoms with Gasteiger partial charge in [0.25, 0.3) is 0 Å². The summed E-state index contributed by atoms with van der Waals surface area (Å²) in [4.78, 5) is 6.58. The summed E-state index contributed by atoms with van der Waals surface area (Å²) in [5.41, 5.74) is 1.37. The first-order valence-corrected chi connectivity index (χ1v) is 6.62. The van der Waals surface area contributed by atoms with Crippen LogP contribution in [0.2, 0.25) is 0 Å². The van der Waals surface area contributed by atoms with Gasteiger partial charge in [-0.05, 0) is 57.5 Å². The van der Waals surface area contributed by atoms with Crippen molar-refractivity contribution in [1.29, 1.82) is 0 Å². The molecule has 17 heavy (non-hydrogen) atoms. The molecule has 1 atom stereocenters. The highest BCUT2D eigenvalue weighted by atomic mass is 15.2. The highest BCUT2D eigenvalue weighted by Crippen LogP contribution is 2.12. The zero-order chi connectivity index (χ0) is 12.1. The Bertz CT molecular complexity index is 323. The SMILES string of the molecule is CC(C)N1CCC(NCCc2ccncc2)C1. The predicted molar refractivity (Wildman–Crippen MR) is 71.1 cm³/mol. The highest BCUT2D eigenvalue weighted by Gasteiger charge is 2.23. The summed E-state index contributed by atoms with van der Waals surface area (Å²) >= 11 is 0. The van der Waals surface area contributed by atoms with E-state index < -0.39 is 0 Å². The topological polar surface area (TPSA) is 28.2 Å². The van der Waals surface area contributed by atoms with Crippen LogP contribution in [0.25, 0.3) is 0 Å². The van der Waals surface area contributed by atoms with Crippen LogP contribution in [0.5, 0.6) is 0 Å². The number of hydrogen-bond donors (Lipinski definition) is 1. The standard InChI is InChI=1S/C14H23N3/c1-12(2)17-10-6-14(11-17)16-9-5-13-3-7-15-8-4-13/h3-4,7-8,12,14,16H,5-6,9-11H2,1-2H3. The van der Waals surface area contributed by atoms with E-state index in [0.717, 1.165) is 13.0 Å². The number of aromatic nitrogens is 1. The van der Waals surface area contributed by atoms with Crippen molar-refractivity contribution in [3.05, 3.63) is 30.1 Å². The Morgan fingerprint density at radius 3 is 2.82 bits per heavy atom. The molecule has 0 spiro atoms. The van der Waals surface area contributed by atoms with E-state index in [1.165, 1.54) is 25.1 Å². The summed E-state index contributed by atoms with van der Waals surface area (Å²) < 4.78 is 0. The van der Waals surface area contributed by atoms with Gasteiger partial charge < -0.3 is 5.32 Å². The van der Waals surface area contributed by atoms with Gasteiger partial charge in [-0.15, -0.1) is 0 Å². The lowest BCUT2D eigenvalue weighted by Gasteiger charge is -2.20. The molecule has 1 aliphatic heterocycles. The molecule has 2 rings (SSSR count). The molecule has 1 aliphatic rings. The van der Waals surface area contributed by atoms with E-state index in [-0.39, 0.29) is 0 Å². The van der Waals surface area contributed by atoms with Crippen LogP contribution in [0.4, 0.5) is 0 Å². The van der Waals surface area contributed by atoms with E-state index in [9.17, 15) is 0 Å². The Hall–Kier alpha value is -0.930. The Balaban J connectivity index is 1.67. The van der Waals surface area contributed by atoms with Gasteiger partial charge in [0.05, 0.1) is 0 Å². The van der Waals surface area contributed by atoms with E-state index in [2.05, 4.69) is 41.2 Å². The predicted octanol–water partition coefficient (Wildman–Crippen LogP) is 1.70. The molecule has 94 valence electrons. The molecule has 1 N–H and O–H groups in total. The Kier molecular flexibility index (Phi) is 4.51. The average molecular weight is 233 g/mol. The van der Waals surface area contributed by atoms with Crippen molar-refractivity contribution < 1.29 is 0 Å². The number of hydrogen-bond acceptors (Lipinski definition) is 3. The van der Waals surface area contributed by atoms with Crippen LogP contribution in [0, 0.1) is 0 Å². The summed E-state index contributed by atoms with van der Waals surface area (Å²) in [7, 11) is 0. The van der Waals surface area contributed by atoms with Gasteiger partial charge in [-0.1, -0.05) is 0 Å². The van der Waals surface area contributed by atoms with E-state index >= 15 is 0 Å². The molecule has 3 heteroatoms. The number of rotatable bonds is 5. The number of nitrogens with zero attached hydrogens (tertiary/aromatic N) is 2. The van der Waals surface area contributed by atoms with Crippen molar-refractivity contribution in [3.8, 4) is 0 Å². The minimum atomic E-state index is 0.680. The number of likely N-dealkylation sites (tertiary alicyclic amines) is 1. The molecule has 1 aromatic rings. The summed E-state index contributed by atoms with van der Waals surface area (Å²) in [5, 5.41) is 3.65. The maximum absolute atomic E-state index is 4.03. The van der Waals surface area contributed by atoms with Crippen molar-refractivity contribution in [3.63, 3.8) is 0 Å². The van der Waals surface area contributed by atoms with Gasteiger partial charge >= 0.3 is 0 Å². The van der Waals surface area contributed by atoms with E-state index in [4.69, 9.17) is 0 Å². The third-order valence-electron chi connectivity index (χ3n) is 3.55. The van der Waals surface area contributed by atoms with Crippen LogP contribution in [-0.2, 0) is 6.42 Å². The van der Waals surface area contributed by atoms with Gasteiger partial charge in [-0.3, -0.25) is 9.88 Å². The normalized spacial score (nSPS) is 21.2. The average Bonchev–Trinajstić information content (AvgIpc) is 2.79. The maximum Gasteiger partial charge on any atom is 0.0270 e. The molecule has 1 unspecified atom stereocenters. The summed E-state index contributed by atoms with van der Waals surface area (Å²) in [6.07, 6.45) is 6.12. The van der Waals surface area contributed by atoms with E-state index in [1.807, 2.05) is 12.4 Å². The van der Waals surface area contributed by atoms with Crippen LogP contribution in [0.3, 0.4) is 0 Å². The second-order valence-electron chi connectivity index (χ2n) is 5.13. The maximum atomic E-state index is 4.03. The third kappa shape index (κ3) is 3.79. The van der Waals surface area contributed by atoms with Crippen LogP contribution in [0.1, 0.15) is 25.8 Å². The van der Waals surface area contributed by atoms with Crippen molar-refractivity contribution >= 4 is 0 Å². The second kappa shape index (κ2) is 6.12. The van der Waals surface area contributed by atoms with Crippen LogP contribution in [-0.4, -0.2) is 41.6 Å². The first kappa shape index (κ1) is 12.5. The second-order valence-corrected chi connectivity index (χ2v) is 5.13. The number of pyridine rings is 1. The van der Waals surface area contributed by atoms with Crippen molar-refractivity contribution in [2.45, 2.75) is 38.8 Å². The van der Waals surface area contributed by atoms with Gasteiger partial charge in [0.15, 0.2) is 0 Å². The summed E-state index contributed by atoms with van der Waals surface area (Å²) in [5.74, 6) is 0. The third-order valence-corrected chi connectivity index (χ3v) is 3.55. The zero-order valence-corrected chi connectivity index (χ0v) is 10.9. The highest BCUT2D eigenvalue weighted by molar-refractivity contribution is 5.09. The fraction of sp³-hybridized carbons (Fsp3) is 0.643. The van der Waals surface area contributed by atoms with E-state index in [1.54, 1.807) is 0 Å². The zero-order valence-electron chi connectivity index (χ0n) is 10.9. The molecular formula is C14H23N3. The Labute approximate surface area is 104 Å². The molecule has 1 fully saturated rings. The monoisotopic (exact) mass is 233 g/mol. The first-order chi connectivity index (χ1) is 8.25. The Morgan fingerprint density at radius 1 is 1.41 bits per heavy atom. The summed E-state index contributed by atoms with van der Waals surface area (Å²) in [6.45, 7) is 8.07. The van der Waals surface area contributed by atoms with E-state index in [0.29, 0.717) is 12.1 Å². The minimum absolute atomic E-state index is 0.680. The molecule has 1 saturated heterocycles. The smallest absolute Gasteiger partial charge is 0.0270 e. The molecule has 0 saturated carbocycles. The lowest BCUT2D eigenvalue weighted by molar-refractivity contribution is 0.268. The molecule has 0 aromatic carbocycles. The largest absolute Gasteiger partial charge is 0.312 e. The molecule has 0 amide bonds. The fourth-order valence-electron chi connectivity index (χ4n) is 2.39. The molecule has 0 radical (unpaired) electrons. The Morgan fingerprint density at radius 2 is 2.18 bits per heavy atom. The van der Waals surface area contributed by atoms with Gasteiger partial charge in [-0.25, -0.2) is 0 Å². The molecule has 0 aliphatic carbocycles. The summed E-state index contributed by atoms with van der Waals surface area (Å²) in [6, 6.07) is 5.55. The van der Waals surface area contributed by atoms with Crippen LogP contribution in [0.15, 0.2) is 24.5 Å². The molecule has 0 bridgehead atoms. The number of nitrogens with one attached hydrogen (secondary N) is 1. The van der Waals surface area contributed by atoms with Gasteiger partial charge in [0.1, 0.15) is 0 Å². The molecular weight excluding hydrogens is 210 g/mol. The van der Waals surface area contributed by atoms with Gasteiger partial charge in [-0.2, -0.15) is 0 Å². The molecule has 2 heterocycles. The van der Waals surface area contributed by atoms with Crippen LogP contribution >= 0.6 is 0 Å². The van der Waals surface area contributed by atoms with Gasteiger partial charge in [0, 0.05) is 31.0 Å². The first-order valence-electron chi connectivity index (χ1n) is 6.62. The molecule has 3 nitrogen and oxygen atoms in total. The van der Waals surface area contributed by atoms with Crippen molar-refractivity contribution in [2.75, 3.05) is 19.6 Å². The quantitative estimate of drug-likeness (QED) is 0.839. The lowest BCUT2D eigenvalue weighted by Crippen LogP contribution is -2.36. The van der Waals surface area contributed by atoms with Crippen molar-refractivity contribution in [2.24, 2.45) is 0 Å². The molecule has 1 aromatic heterocycles. The van der Waals surface area contributed by atoms with Crippen LogP contribution < -0.4 is 5.32 Å². The van der Waals surface area contributed by atoms with Crippen molar-refractivity contribution in [1.82, 2.24) is 15.2 Å².